The second kappa shape index (κ2) is 8.81. The molecule has 146 valence electrons. The molecule has 4 nitrogen and oxygen atoms in total. The minimum Gasteiger partial charge on any atom is -0.360 e. The van der Waals surface area contributed by atoms with Crippen molar-refractivity contribution in [3.63, 3.8) is 0 Å². The minimum absolute atomic E-state index is 0.0783. The number of hydrogen-bond acceptors (Lipinski definition) is 3. The van der Waals surface area contributed by atoms with Crippen molar-refractivity contribution in [2.24, 2.45) is 0 Å². The van der Waals surface area contributed by atoms with E-state index < -0.39 is 17.6 Å². The van der Waals surface area contributed by atoms with Gasteiger partial charge in [-0.1, -0.05) is 43.6 Å². The summed E-state index contributed by atoms with van der Waals surface area (Å²) in [7, 11) is 0. The number of amides is 1. The average molecular weight is 408 g/mol. The molecule has 1 amide bonds. The Labute approximate surface area is 165 Å². The first kappa shape index (κ1) is 21.3. The van der Waals surface area contributed by atoms with Crippen LogP contribution in [-0.4, -0.2) is 5.91 Å². The summed E-state index contributed by atoms with van der Waals surface area (Å²) in [5.41, 5.74) is -0.287. The van der Waals surface area contributed by atoms with Crippen LogP contribution in [0.3, 0.4) is 0 Å². The largest absolute Gasteiger partial charge is 0.418 e. The Bertz CT molecular complexity index is 946. The molecule has 2 aromatic carbocycles. The highest BCUT2D eigenvalue weighted by Crippen LogP contribution is 2.36. The predicted octanol–water partition coefficient (Wildman–Crippen LogP) is 5.94. The van der Waals surface area contributed by atoms with E-state index in [-0.39, 0.29) is 22.2 Å². The zero-order valence-electron chi connectivity index (χ0n) is 15.1. The van der Waals surface area contributed by atoms with E-state index in [1.54, 1.807) is 18.2 Å². The second-order valence-corrected chi connectivity index (χ2v) is 6.63. The molecule has 2 aromatic rings. The molecule has 0 aromatic heterocycles. The van der Waals surface area contributed by atoms with Gasteiger partial charge < -0.3 is 10.6 Å². The number of carbonyl (C=O) groups excluding carboxylic acids is 1. The third kappa shape index (κ3) is 5.27. The summed E-state index contributed by atoms with van der Waals surface area (Å²) in [6.45, 7) is 3.90. The molecule has 0 unspecified atom stereocenters. The smallest absolute Gasteiger partial charge is 0.360 e. The van der Waals surface area contributed by atoms with Crippen molar-refractivity contribution in [1.29, 1.82) is 5.26 Å². The van der Waals surface area contributed by atoms with Crippen LogP contribution in [0.4, 0.5) is 24.5 Å². The van der Waals surface area contributed by atoms with E-state index >= 15 is 0 Å². The van der Waals surface area contributed by atoms with Gasteiger partial charge >= 0.3 is 6.18 Å². The second-order valence-electron chi connectivity index (χ2n) is 6.20. The quantitative estimate of drug-likeness (QED) is 0.476. The van der Waals surface area contributed by atoms with E-state index in [9.17, 15) is 23.2 Å². The van der Waals surface area contributed by atoms with E-state index in [4.69, 9.17) is 11.6 Å². The molecule has 0 fully saturated rings. The lowest BCUT2D eigenvalue weighted by molar-refractivity contribution is -0.136. The van der Waals surface area contributed by atoms with Gasteiger partial charge in [0.2, 0.25) is 0 Å². The van der Waals surface area contributed by atoms with E-state index in [1.165, 1.54) is 6.07 Å². The Hall–Kier alpha value is -2.98. The number of halogens is 4. The van der Waals surface area contributed by atoms with Gasteiger partial charge in [-0.3, -0.25) is 4.79 Å². The number of benzene rings is 2. The van der Waals surface area contributed by atoms with Crippen LogP contribution < -0.4 is 10.6 Å². The van der Waals surface area contributed by atoms with Gasteiger partial charge in [-0.25, -0.2) is 0 Å². The highest BCUT2D eigenvalue weighted by Gasteiger charge is 2.33. The molecule has 0 spiro atoms. The van der Waals surface area contributed by atoms with E-state index in [0.29, 0.717) is 5.69 Å². The van der Waals surface area contributed by atoms with Crippen LogP contribution in [0.1, 0.15) is 30.9 Å². The zero-order chi connectivity index (χ0) is 20.9. The molecule has 0 heterocycles. The van der Waals surface area contributed by atoms with Crippen LogP contribution in [0, 0.1) is 11.3 Å². The van der Waals surface area contributed by atoms with Crippen LogP contribution in [-0.2, 0) is 11.0 Å². The lowest BCUT2D eigenvalue weighted by atomic mass is 10.0. The van der Waals surface area contributed by atoms with Crippen LogP contribution in [0.25, 0.3) is 0 Å². The molecule has 8 heteroatoms. The normalized spacial score (nSPS) is 11.9. The van der Waals surface area contributed by atoms with Gasteiger partial charge in [0, 0.05) is 16.9 Å². The zero-order valence-corrected chi connectivity index (χ0v) is 15.8. The maximum atomic E-state index is 13.1. The Kier molecular flexibility index (Phi) is 6.71. The lowest BCUT2D eigenvalue weighted by Crippen LogP contribution is -2.16. The Morgan fingerprint density at radius 3 is 2.46 bits per heavy atom. The summed E-state index contributed by atoms with van der Waals surface area (Å²) in [4.78, 5) is 12.4. The molecule has 0 radical (unpaired) electrons. The molecule has 0 saturated carbocycles. The fourth-order valence-corrected chi connectivity index (χ4v) is 2.65. The monoisotopic (exact) mass is 407 g/mol. The van der Waals surface area contributed by atoms with Crippen LogP contribution in [0.15, 0.2) is 54.2 Å². The molecular formula is C20H17ClF3N3O. The highest BCUT2D eigenvalue weighted by atomic mass is 35.5. The fourth-order valence-electron chi connectivity index (χ4n) is 2.48. The third-order valence-corrected chi connectivity index (χ3v) is 4.09. The van der Waals surface area contributed by atoms with Gasteiger partial charge in [0.15, 0.2) is 0 Å². The number of alkyl halides is 3. The van der Waals surface area contributed by atoms with Crippen molar-refractivity contribution in [2.45, 2.75) is 25.9 Å². The number of rotatable bonds is 5. The van der Waals surface area contributed by atoms with Gasteiger partial charge in [-0.05, 0) is 35.7 Å². The maximum Gasteiger partial charge on any atom is 0.418 e. The van der Waals surface area contributed by atoms with Crippen molar-refractivity contribution in [3.8, 4) is 6.07 Å². The highest BCUT2D eigenvalue weighted by molar-refractivity contribution is 6.30. The molecule has 0 aliphatic rings. The molecule has 0 aliphatic heterocycles. The number of nitriles is 1. The standard InChI is InChI=1S/C20H17ClF3N3O/c1-12(2)15-5-3-4-6-17(15)27-19(28)13(10-25)11-26-18-8-7-14(21)9-16(18)20(22,23)24/h3-9,11-12,26H,1-2H3,(H,27,28)/b13-11-. The molecule has 0 atom stereocenters. The summed E-state index contributed by atoms with van der Waals surface area (Å²) in [5, 5.41) is 14.2. The Morgan fingerprint density at radius 2 is 1.86 bits per heavy atom. The predicted molar refractivity (Wildman–Crippen MR) is 103 cm³/mol. The number of anilines is 2. The number of para-hydroxylation sites is 1. The first-order valence-corrected chi connectivity index (χ1v) is 8.65. The topological polar surface area (TPSA) is 64.9 Å². The SMILES string of the molecule is CC(C)c1ccccc1NC(=O)/C(C#N)=C\Nc1ccc(Cl)cc1C(F)(F)F. The van der Waals surface area contributed by atoms with Gasteiger partial charge in [0.1, 0.15) is 11.6 Å². The number of nitrogens with zero attached hydrogens (tertiary/aromatic N) is 1. The van der Waals surface area contributed by atoms with Crippen molar-refractivity contribution < 1.29 is 18.0 Å². The summed E-state index contributed by atoms with van der Waals surface area (Å²) in [6.07, 6.45) is -3.71. The third-order valence-electron chi connectivity index (χ3n) is 3.86. The lowest BCUT2D eigenvalue weighted by Gasteiger charge is -2.14. The molecule has 0 saturated heterocycles. The average Bonchev–Trinajstić information content (AvgIpc) is 2.62. The van der Waals surface area contributed by atoms with Crippen molar-refractivity contribution in [2.75, 3.05) is 10.6 Å². The van der Waals surface area contributed by atoms with Gasteiger partial charge in [0.05, 0.1) is 11.3 Å². The Morgan fingerprint density at radius 1 is 1.18 bits per heavy atom. The summed E-state index contributed by atoms with van der Waals surface area (Å²) in [6, 6.07) is 12.0. The first-order valence-electron chi connectivity index (χ1n) is 8.27. The molecule has 0 aliphatic carbocycles. The van der Waals surface area contributed by atoms with Crippen LogP contribution in [0.2, 0.25) is 5.02 Å². The van der Waals surface area contributed by atoms with Crippen LogP contribution in [0.5, 0.6) is 0 Å². The van der Waals surface area contributed by atoms with E-state index in [0.717, 1.165) is 23.9 Å². The molecule has 2 N–H and O–H groups in total. The summed E-state index contributed by atoms with van der Waals surface area (Å²) in [5.74, 6) is -0.599. The summed E-state index contributed by atoms with van der Waals surface area (Å²) >= 11 is 5.63. The van der Waals surface area contributed by atoms with E-state index in [2.05, 4.69) is 10.6 Å². The Balaban J connectivity index is 2.26. The van der Waals surface area contributed by atoms with E-state index in [1.807, 2.05) is 26.0 Å². The van der Waals surface area contributed by atoms with Crippen molar-refractivity contribution in [1.82, 2.24) is 0 Å². The molecular weight excluding hydrogens is 391 g/mol. The van der Waals surface area contributed by atoms with Crippen LogP contribution >= 0.6 is 11.6 Å². The number of nitrogens with one attached hydrogen (secondary N) is 2. The van der Waals surface area contributed by atoms with Crippen molar-refractivity contribution in [3.05, 3.63) is 70.4 Å². The number of carbonyl (C=O) groups is 1. The fraction of sp³-hybridized carbons (Fsp3) is 0.200. The summed E-state index contributed by atoms with van der Waals surface area (Å²) < 4.78 is 39.4. The molecule has 28 heavy (non-hydrogen) atoms. The first-order chi connectivity index (χ1) is 13.1. The van der Waals surface area contributed by atoms with Gasteiger partial charge in [0.25, 0.3) is 5.91 Å². The molecule has 0 bridgehead atoms. The van der Waals surface area contributed by atoms with Gasteiger partial charge in [-0.2, -0.15) is 18.4 Å². The number of hydrogen-bond donors (Lipinski definition) is 2. The maximum absolute atomic E-state index is 13.1. The minimum atomic E-state index is -4.65. The molecule has 2 rings (SSSR count). The van der Waals surface area contributed by atoms with Crippen molar-refractivity contribution >= 4 is 28.9 Å². The van der Waals surface area contributed by atoms with Gasteiger partial charge in [-0.15, -0.1) is 0 Å².